The molecule has 0 aromatic heterocycles. The molecule has 0 spiro atoms. The van der Waals surface area contributed by atoms with Crippen LogP contribution < -0.4 is 10.1 Å². The fourth-order valence-corrected chi connectivity index (χ4v) is 2.90. The molecule has 4 nitrogen and oxygen atoms in total. The molecule has 126 valence electrons. The Bertz CT molecular complexity index is 697. The lowest BCUT2D eigenvalue weighted by molar-refractivity contribution is 0.133. The molecule has 1 unspecified atom stereocenters. The van der Waals surface area contributed by atoms with Crippen LogP contribution in [0.5, 0.6) is 5.75 Å². The number of nitrogens with one attached hydrogen (secondary N) is 1. The van der Waals surface area contributed by atoms with Gasteiger partial charge >= 0.3 is 6.09 Å². The zero-order valence-electron chi connectivity index (χ0n) is 14.1. The maximum absolute atomic E-state index is 11.8. The van der Waals surface area contributed by atoms with Gasteiger partial charge in [0.15, 0.2) is 0 Å². The van der Waals surface area contributed by atoms with Crippen molar-refractivity contribution < 1.29 is 14.3 Å². The first-order chi connectivity index (χ1) is 11.6. The number of alkyl carbamates (subject to hydrolysis) is 1. The third kappa shape index (κ3) is 3.88. The van der Waals surface area contributed by atoms with Gasteiger partial charge in [-0.05, 0) is 22.6 Å². The van der Waals surface area contributed by atoms with Gasteiger partial charge < -0.3 is 14.8 Å². The summed E-state index contributed by atoms with van der Waals surface area (Å²) in [6.07, 6.45) is 0.362. The molecule has 1 aliphatic heterocycles. The Balaban J connectivity index is 1.48. The Morgan fingerprint density at radius 2 is 2.00 bits per heavy atom. The molecule has 1 N–H and O–H groups in total. The summed E-state index contributed by atoms with van der Waals surface area (Å²) in [7, 11) is 0. The zero-order valence-corrected chi connectivity index (χ0v) is 14.1. The number of amides is 1. The van der Waals surface area contributed by atoms with Crippen LogP contribution in [0.3, 0.4) is 0 Å². The Morgan fingerprint density at radius 3 is 2.75 bits per heavy atom. The minimum absolute atomic E-state index is 0.0378. The number of ether oxygens (including phenoxy) is 2. The number of para-hydroxylation sites is 1. The van der Waals surface area contributed by atoms with Crippen molar-refractivity contribution in [2.24, 2.45) is 0 Å². The van der Waals surface area contributed by atoms with Gasteiger partial charge in [0.1, 0.15) is 18.5 Å². The maximum atomic E-state index is 11.8. The Hall–Kier alpha value is -2.49. The van der Waals surface area contributed by atoms with Crippen LogP contribution in [0.4, 0.5) is 4.79 Å². The summed E-state index contributed by atoms with van der Waals surface area (Å²) in [5.74, 6) is 1.40. The van der Waals surface area contributed by atoms with E-state index in [0.717, 1.165) is 17.7 Å². The van der Waals surface area contributed by atoms with Crippen molar-refractivity contribution in [1.29, 1.82) is 0 Å². The van der Waals surface area contributed by atoms with Crippen LogP contribution in [-0.2, 0) is 17.8 Å². The van der Waals surface area contributed by atoms with Crippen molar-refractivity contribution in [3.63, 3.8) is 0 Å². The standard InChI is InChI=1S/C20H23NO3/c1-14(2)18-10-6-9-16-11-17(24-19(16)18)12-21-20(22)23-13-15-7-4-3-5-8-15/h3-10,14,17H,11-13H2,1-2H3,(H,21,22). The molecule has 0 saturated heterocycles. The Morgan fingerprint density at radius 1 is 1.21 bits per heavy atom. The largest absolute Gasteiger partial charge is 0.488 e. The van der Waals surface area contributed by atoms with Crippen LogP contribution in [0.1, 0.15) is 36.5 Å². The van der Waals surface area contributed by atoms with Crippen LogP contribution in [0.25, 0.3) is 0 Å². The highest BCUT2D eigenvalue weighted by Gasteiger charge is 2.26. The van der Waals surface area contributed by atoms with E-state index in [1.54, 1.807) is 0 Å². The predicted octanol–water partition coefficient (Wildman–Crippen LogP) is 4.04. The lowest BCUT2D eigenvalue weighted by Crippen LogP contribution is -2.34. The van der Waals surface area contributed by atoms with Crippen LogP contribution in [0.15, 0.2) is 48.5 Å². The Labute approximate surface area is 142 Å². The second kappa shape index (κ2) is 7.39. The first-order valence-electron chi connectivity index (χ1n) is 8.36. The van der Waals surface area contributed by atoms with E-state index in [2.05, 4.69) is 37.4 Å². The van der Waals surface area contributed by atoms with Crippen molar-refractivity contribution in [3.8, 4) is 5.75 Å². The molecular formula is C20H23NO3. The topological polar surface area (TPSA) is 47.6 Å². The summed E-state index contributed by atoms with van der Waals surface area (Å²) in [6.45, 7) is 5.03. The van der Waals surface area contributed by atoms with Gasteiger partial charge in [-0.25, -0.2) is 4.79 Å². The van der Waals surface area contributed by atoms with E-state index in [0.29, 0.717) is 12.5 Å². The number of benzene rings is 2. The van der Waals surface area contributed by atoms with E-state index in [4.69, 9.17) is 9.47 Å². The van der Waals surface area contributed by atoms with Crippen molar-refractivity contribution in [3.05, 3.63) is 65.2 Å². The van der Waals surface area contributed by atoms with Crippen LogP contribution in [0.2, 0.25) is 0 Å². The highest BCUT2D eigenvalue weighted by atomic mass is 16.5. The SMILES string of the molecule is CC(C)c1cccc2c1OC(CNC(=O)OCc1ccccc1)C2. The van der Waals surface area contributed by atoms with Crippen molar-refractivity contribution in [2.45, 2.75) is 38.9 Å². The van der Waals surface area contributed by atoms with Gasteiger partial charge in [0, 0.05) is 6.42 Å². The van der Waals surface area contributed by atoms with Crippen LogP contribution >= 0.6 is 0 Å². The highest BCUT2D eigenvalue weighted by molar-refractivity contribution is 5.67. The van der Waals surface area contributed by atoms with Gasteiger partial charge in [0.2, 0.25) is 0 Å². The third-order valence-corrected chi connectivity index (χ3v) is 4.17. The first kappa shape index (κ1) is 16.4. The van der Waals surface area contributed by atoms with Crippen molar-refractivity contribution >= 4 is 6.09 Å². The molecule has 0 aliphatic carbocycles. The van der Waals surface area contributed by atoms with E-state index >= 15 is 0 Å². The smallest absolute Gasteiger partial charge is 0.407 e. The van der Waals surface area contributed by atoms with Crippen molar-refractivity contribution in [1.82, 2.24) is 5.32 Å². The summed E-state index contributed by atoms with van der Waals surface area (Å²) in [4.78, 5) is 11.8. The molecule has 2 aromatic rings. The molecule has 24 heavy (non-hydrogen) atoms. The molecule has 0 fully saturated rings. The van der Waals surface area contributed by atoms with Gasteiger partial charge in [-0.15, -0.1) is 0 Å². The summed E-state index contributed by atoms with van der Waals surface area (Å²) in [5.41, 5.74) is 3.41. The molecule has 0 saturated carbocycles. The molecule has 0 radical (unpaired) electrons. The molecule has 1 amide bonds. The average molecular weight is 325 g/mol. The van der Waals surface area contributed by atoms with Crippen LogP contribution in [0, 0.1) is 0 Å². The van der Waals surface area contributed by atoms with Gasteiger partial charge in [-0.2, -0.15) is 0 Å². The molecule has 1 atom stereocenters. The molecular weight excluding hydrogens is 302 g/mol. The molecule has 0 bridgehead atoms. The second-order valence-electron chi connectivity index (χ2n) is 6.38. The minimum atomic E-state index is -0.414. The molecule has 4 heteroatoms. The summed E-state index contributed by atoms with van der Waals surface area (Å²) < 4.78 is 11.3. The number of carbonyl (C=O) groups excluding carboxylic acids is 1. The molecule has 2 aromatic carbocycles. The fourth-order valence-electron chi connectivity index (χ4n) is 2.90. The highest BCUT2D eigenvalue weighted by Crippen LogP contribution is 2.36. The summed E-state index contributed by atoms with van der Waals surface area (Å²) >= 11 is 0. The number of carbonyl (C=O) groups is 1. The van der Waals surface area contributed by atoms with Crippen molar-refractivity contribution in [2.75, 3.05) is 6.54 Å². The molecule has 3 rings (SSSR count). The minimum Gasteiger partial charge on any atom is -0.488 e. The third-order valence-electron chi connectivity index (χ3n) is 4.17. The zero-order chi connectivity index (χ0) is 16.9. The lowest BCUT2D eigenvalue weighted by Gasteiger charge is -2.15. The quantitative estimate of drug-likeness (QED) is 0.902. The first-order valence-corrected chi connectivity index (χ1v) is 8.36. The predicted molar refractivity (Wildman–Crippen MR) is 93.3 cm³/mol. The van der Waals surface area contributed by atoms with Gasteiger partial charge in [-0.3, -0.25) is 0 Å². The number of fused-ring (bicyclic) bond motifs is 1. The van der Waals surface area contributed by atoms with E-state index in [1.807, 2.05) is 30.3 Å². The van der Waals surface area contributed by atoms with Gasteiger partial charge in [-0.1, -0.05) is 62.4 Å². The lowest BCUT2D eigenvalue weighted by atomic mass is 9.99. The maximum Gasteiger partial charge on any atom is 0.407 e. The van der Waals surface area contributed by atoms with E-state index in [9.17, 15) is 4.79 Å². The molecule has 1 heterocycles. The van der Waals surface area contributed by atoms with Gasteiger partial charge in [0.25, 0.3) is 0 Å². The van der Waals surface area contributed by atoms with Crippen LogP contribution in [-0.4, -0.2) is 18.7 Å². The fraction of sp³-hybridized carbons (Fsp3) is 0.350. The number of rotatable bonds is 5. The van der Waals surface area contributed by atoms with E-state index in [1.165, 1.54) is 11.1 Å². The van der Waals surface area contributed by atoms with Gasteiger partial charge in [0.05, 0.1) is 6.54 Å². The van der Waals surface area contributed by atoms with E-state index in [-0.39, 0.29) is 12.7 Å². The second-order valence-corrected chi connectivity index (χ2v) is 6.38. The monoisotopic (exact) mass is 325 g/mol. The summed E-state index contributed by atoms with van der Waals surface area (Å²) in [5, 5.41) is 2.79. The normalized spacial score (nSPS) is 15.7. The summed E-state index contributed by atoms with van der Waals surface area (Å²) in [6, 6.07) is 15.9. The van der Waals surface area contributed by atoms with E-state index < -0.39 is 6.09 Å². The molecule has 1 aliphatic rings. The Kier molecular flexibility index (Phi) is 5.04. The average Bonchev–Trinajstić information content (AvgIpc) is 3.01. The number of hydrogen-bond acceptors (Lipinski definition) is 3. The number of hydrogen-bond donors (Lipinski definition) is 1.